The molecule has 0 aliphatic heterocycles. The van der Waals surface area contributed by atoms with Crippen LogP contribution in [0.5, 0.6) is 0 Å². The van der Waals surface area contributed by atoms with E-state index in [0.29, 0.717) is 18.4 Å². The van der Waals surface area contributed by atoms with Gasteiger partial charge in [0.1, 0.15) is 17.2 Å². The molecule has 7 nitrogen and oxygen atoms in total. The van der Waals surface area contributed by atoms with Crippen LogP contribution >= 0.6 is 0 Å². The lowest BCUT2D eigenvalue weighted by Crippen LogP contribution is -2.53. The number of carbonyl (C=O) groups is 2. The van der Waals surface area contributed by atoms with Crippen molar-refractivity contribution in [2.45, 2.75) is 50.7 Å². The van der Waals surface area contributed by atoms with Gasteiger partial charge in [0.05, 0.1) is 6.07 Å². The molecular formula is C23H28N4O3. The van der Waals surface area contributed by atoms with Gasteiger partial charge in [0, 0.05) is 26.8 Å². The summed E-state index contributed by atoms with van der Waals surface area (Å²) < 4.78 is 5.26. The van der Waals surface area contributed by atoms with Crippen LogP contribution in [0.25, 0.3) is 6.08 Å². The predicted molar refractivity (Wildman–Crippen MR) is 114 cm³/mol. The van der Waals surface area contributed by atoms with E-state index in [-0.39, 0.29) is 5.57 Å². The number of amides is 1. The van der Waals surface area contributed by atoms with Crippen LogP contribution in [0.3, 0.4) is 0 Å². The standard InChI is InChI=1S/C23H28N4O3/c1-17(21(28)27(4)23(16-25)12-6-5-7-13-23)30-22(29)19(15-24)14-18-8-10-20(11-9-18)26(2)3/h8-11,14,17H,5-7,12-13H2,1-4H3/b19-14+/t17-/m1/s1. The van der Waals surface area contributed by atoms with Gasteiger partial charge in [-0.2, -0.15) is 10.5 Å². The van der Waals surface area contributed by atoms with Gasteiger partial charge in [-0.3, -0.25) is 4.79 Å². The number of benzene rings is 1. The maximum absolute atomic E-state index is 12.8. The Labute approximate surface area is 178 Å². The molecule has 2 rings (SSSR count). The molecule has 1 aliphatic rings. The smallest absolute Gasteiger partial charge is 0.349 e. The maximum atomic E-state index is 12.8. The van der Waals surface area contributed by atoms with E-state index < -0.39 is 23.5 Å². The van der Waals surface area contributed by atoms with Crippen molar-refractivity contribution in [3.8, 4) is 12.1 Å². The minimum absolute atomic E-state index is 0.192. The van der Waals surface area contributed by atoms with Crippen LogP contribution in [0, 0.1) is 22.7 Å². The number of nitrogens with zero attached hydrogens (tertiary/aromatic N) is 4. The number of hydrogen-bond acceptors (Lipinski definition) is 6. The number of hydrogen-bond donors (Lipinski definition) is 0. The first-order chi connectivity index (χ1) is 14.2. The Bertz CT molecular complexity index is 885. The third kappa shape index (κ3) is 5.18. The Morgan fingerprint density at radius 1 is 1.10 bits per heavy atom. The molecule has 0 aromatic heterocycles. The van der Waals surface area contributed by atoms with Gasteiger partial charge < -0.3 is 14.5 Å². The highest BCUT2D eigenvalue weighted by molar-refractivity contribution is 5.99. The summed E-state index contributed by atoms with van der Waals surface area (Å²) in [6, 6.07) is 11.5. The van der Waals surface area contributed by atoms with Gasteiger partial charge >= 0.3 is 5.97 Å². The normalized spacial score (nSPS) is 16.5. The van der Waals surface area contributed by atoms with Crippen molar-refractivity contribution in [2.24, 2.45) is 0 Å². The zero-order valence-corrected chi connectivity index (χ0v) is 18.0. The molecule has 1 atom stereocenters. The fourth-order valence-electron chi connectivity index (χ4n) is 3.59. The fourth-order valence-corrected chi connectivity index (χ4v) is 3.59. The van der Waals surface area contributed by atoms with Crippen molar-refractivity contribution in [3.05, 3.63) is 35.4 Å². The van der Waals surface area contributed by atoms with Crippen LogP contribution in [0.1, 0.15) is 44.6 Å². The van der Waals surface area contributed by atoms with Gasteiger partial charge in [0.2, 0.25) is 0 Å². The Morgan fingerprint density at radius 3 is 2.20 bits per heavy atom. The average molecular weight is 409 g/mol. The van der Waals surface area contributed by atoms with Gasteiger partial charge in [-0.1, -0.05) is 31.4 Å². The fraction of sp³-hybridized carbons (Fsp3) is 0.478. The summed E-state index contributed by atoms with van der Waals surface area (Å²) >= 11 is 0. The molecule has 158 valence electrons. The van der Waals surface area contributed by atoms with E-state index in [1.54, 1.807) is 19.2 Å². The Morgan fingerprint density at radius 2 is 1.70 bits per heavy atom. The van der Waals surface area contributed by atoms with Crippen LogP contribution < -0.4 is 4.90 Å². The summed E-state index contributed by atoms with van der Waals surface area (Å²) in [6.07, 6.45) is 4.36. The van der Waals surface area contributed by atoms with Gasteiger partial charge in [0.25, 0.3) is 5.91 Å². The molecular weight excluding hydrogens is 380 g/mol. The molecule has 1 aliphatic carbocycles. The molecule has 0 radical (unpaired) electrons. The molecule has 1 fully saturated rings. The second kappa shape index (κ2) is 9.93. The van der Waals surface area contributed by atoms with E-state index in [4.69, 9.17) is 4.74 Å². The number of esters is 1. The molecule has 30 heavy (non-hydrogen) atoms. The molecule has 0 saturated heterocycles. The molecule has 1 saturated carbocycles. The Hall–Kier alpha value is -3.32. The minimum Gasteiger partial charge on any atom is -0.448 e. The lowest BCUT2D eigenvalue weighted by molar-refractivity contribution is -0.157. The number of nitriles is 2. The first-order valence-corrected chi connectivity index (χ1v) is 10.0. The van der Waals surface area contributed by atoms with Crippen LogP contribution in [-0.4, -0.2) is 49.6 Å². The van der Waals surface area contributed by atoms with Crippen LogP contribution in [-0.2, 0) is 14.3 Å². The predicted octanol–water partition coefficient (Wildman–Crippen LogP) is 3.28. The van der Waals surface area contributed by atoms with E-state index in [1.165, 1.54) is 17.9 Å². The van der Waals surface area contributed by atoms with Crippen LogP contribution in [0.15, 0.2) is 29.8 Å². The third-order valence-corrected chi connectivity index (χ3v) is 5.55. The van der Waals surface area contributed by atoms with Crippen LogP contribution in [0.2, 0.25) is 0 Å². The van der Waals surface area contributed by atoms with Crippen molar-refractivity contribution in [2.75, 3.05) is 26.0 Å². The molecule has 1 aromatic carbocycles. The van der Waals surface area contributed by atoms with Gasteiger partial charge in [-0.15, -0.1) is 0 Å². The van der Waals surface area contributed by atoms with E-state index in [9.17, 15) is 20.1 Å². The van der Waals surface area contributed by atoms with Crippen molar-refractivity contribution in [1.82, 2.24) is 4.90 Å². The van der Waals surface area contributed by atoms with Crippen molar-refractivity contribution in [1.29, 1.82) is 10.5 Å². The minimum atomic E-state index is -1.09. The highest BCUT2D eigenvalue weighted by Gasteiger charge is 2.40. The van der Waals surface area contributed by atoms with Crippen molar-refractivity contribution >= 4 is 23.6 Å². The summed E-state index contributed by atoms with van der Waals surface area (Å²) in [5, 5.41) is 19.0. The van der Waals surface area contributed by atoms with E-state index in [2.05, 4.69) is 6.07 Å². The summed E-state index contributed by atoms with van der Waals surface area (Å²) in [5.41, 5.74) is 0.612. The first kappa shape index (κ1) is 23.0. The average Bonchev–Trinajstić information content (AvgIpc) is 2.76. The highest BCUT2D eigenvalue weighted by Crippen LogP contribution is 2.33. The molecule has 1 amide bonds. The monoisotopic (exact) mass is 408 g/mol. The maximum Gasteiger partial charge on any atom is 0.349 e. The first-order valence-electron chi connectivity index (χ1n) is 10.0. The number of anilines is 1. The topological polar surface area (TPSA) is 97.4 Å². The molecule has 7 heteroatoms. The highest BCUT2D eigenvalue weighted by atomic mass is 16.5. The third-order valence-electron chi connectivity index (χ3n) is 5.55. The van der Waals surface area contributed by atoms with E-state index >= 15 is 0 Å². The number of rotatable bonds is 6. The van der Waals surface area contributed by atoms with Crippen molar-refractivity contribution < 1.29 is 14.3 Å². The lowest BCUT2D eigenvalue weighted by Gasteiger charge is -2.39. The van der Waals surface area contributed by atoms with Crippen molar-refractivity contribution in [3.63, 3.8) is 0 Å². The molecule has 0 unspecified atom stereocenters. The zero-order chi connectivity index (χ0) is 22.3. The summed E-state index contributed by atoms with van der Waals surface area (Å²) in [5.74, 6) is -1.31. The Kier molecular flexibility index (Phi) is 7.60. The molecule has 0 N–H and O–H groups in total. The quantitative estimate of drug-likeness (QED) is 0.407. The summed E-state index contributed by atoms with van der Waals surface area (Å²) in [4.78, 5) is 28.6. The lowest BCUT2D eigenvalue weighted by atomic mass is 9.81. The van der Waals surface area contributed by atoms with E-state index in [0.717, 1.165) is 24.9 Å². The second-order valence-electron chi connectivity index (χ2n) is 7.80. The zero-order valence-electron chi connectivity index (χ0n) is 18.0. The summed E-state index contributed by atoms with van der Waals surface area (Å²) in [7, 11) is 5.42. The van der Waals surface area contributed by atoms with E-state index in [1.807, 2.05) is 37.2 Å². The molecule has 0 bridgehead atoms. The van der Waals surface area contributed by atoms with Gasteiger partial charge in [-0.25, -0.2) is 4.79 Å². The molecule has 0 spiro atoms. The van der Waals surface area contributed by atoms with Gasteiger partial charge in [0.15, 0.2) is 6.10 Å². The summed E-state index contributed by atoms with van der Waals surface area (Å²) in [6.45, 7) is 1.46. The number of likely N-dealkylation sites (N-methyl/N-ethyl adjacent to an activating group) is 1. The SMILES string of the molecule is C[C@@H](OC(=O)/C(C#N)=C/c1ccc(N(C)C)cc1)C(=O)N(C)C1(C#N)CCCCC1. The number of carbonyl (C=O) groups excluding carboxylic acids is 2. The second-order valence-corrected chi connectivity index (χ2v) is 7.80. The Balaban J connectivity index is 2.09. The van der Waals surface area contributed by atoms with Crippen LogP contribution in [0.4, 0.5) is 5.69 Å². The van der Waals surface area contributed by atoms with Gasteiger partial charge in [-0.05, 0) is 43.5 Å². The molecule has 0 heterocycles. The largest absolute Gasteiger partial charge is 0.448 e. The number of ether oxygens (including phenoxy) is 1. The molecule has 1 aromatic rings.